The highest BCUT2D eigenvalue weighted by atomic mass is 16.1. The molecule has 15 heavy (non-hydrogen) atoms. The molecule has 0 aromatic carbocycles. The van der Waals surface area contributed by atoms with Crippen molar-refractivity contribution in [2.24, 2.45) is 17.3 Å². The topological polar surface area (TPSA) is 17.1 Å². The van der Waals surface area contributed by atoms with Crippen LogP contribution in [0.1, 0.15) is 52.9 Å². The molecule has 0 amide bonds. The van der Waals surface area contributed by atoms with E-state index in [0.29, 0.717) is 5.41 Å². The van der Waals surface area contributed by atoms with Gasteiger partial charge < -0.3 is 0 Å². The molecular formula is C14H22O. The maximum Gasteiger partial charge on any atom is 0.145 e. The molecule has 1 nitrogen and oxygen atoms in total. The molecule has 0 spiro atoms. The second-order valence-corrected chi connectivity index (χ2v) is 6.08. The standard InChI is InChI=1S/C14H22O/c1-10-7-11-5-4-6-14(2,3)13(11)8-12(10)9-15/h9,11,13H,4-8H2,1-3H3. The molecule has 0 N–H and O–H groups in total. The minimum absolute atomic E-state index is 0.442. The van der Waals surface area contributed by atoms with Crippen LogP contribution in [0.4, 0.5) is 0 Å². The van der Waals surface area contributed by atoms with Crippen molar-refractivity contribution in [1.82, 2.24) is 0 Å². The lowest BCUT2D eigenvalue weighted by Gasteiger charge is -2.47. The maximum atomic E-state index is 11.0. The van der Waals surface area contributed by atoms with E-state index >= 15 is 0 Å². The van der Waals surface area contributed by atoms with E-state index < -0.39 is 0 Å². The van der Waals surface area contributed by atoms with Crippen LogP contribution in [-0.4, -0.2) is 6.29 Å². The summed E-state index contributed by atoms with van der Waals surface area (Å²) >= 11 is 0. The Hall–Kier alpha value is -0.590. The van der Waals surface area contributed by atoms with Gasteiger partial charge in [-0.25, -0.2) is 0 Å². The van der Waals surface area contributed by atoms with Crippen LogP contribution >= 0.6 is 0 Å². The fourth-order valence-corrected chi connectivity index (χ4v) is 3.62. The molecule has 2 unspecified atom stereocenters. The summed E-state index contributed by atoms with van der Waals surface area (Å²) in [5.41, 5.74) is 2.88. The third kappa shape index (κ3) is 1.89. The Morgan fingerprint density at radius 1 is 1.33 bits per heavy atom. The molecule has 2 aliphatic rings. The Morgan fingerprint density at radius 3 is 2.73 bits per heavy atom. The first-order valence-corrected chi connectivity index (χ1v) is 6.18. The molecular weight excluding hydrogens is 184 g/mol. The quantitative estimate of drug-likeness (QED) is 0.597. The third-order valence-electron chi connectivity index (χ3n) is 4.67. The summed E-state index contributed by atoms with van der Waals surface area (Å²) in [7, 11) is 0. The van der Waals surface area contributed by atoms with Gasteiger partial charge in [0, 0.05) is 0 Å². The van der Waals surface area contributed by atoms with E-state index in [1.165, 1.54) is 31.3 Å². The number of fused-ring (bicyclic) bond motifs is 1. The van der Waals surface area contributed by atoms with Crippen molar-refractivity contribution in [3.63, 3.8) is 0 Å². The molecule has 0 heterocycles. The number of carbonyl (C=O) groups is 1. The van der Waals surface area contributed by atoms with Crippen molar-refractivity contribution in [1.29, 1.82) is 0 Å². The summed E-state index contributed by atoms with van der Waals surface area (Å²) in [5, 5.41) is 0. The Kier molecular flexibility index (Phi) is 2.74. The highest BCUT2D eigenvalue weighted by molar-refractivity contribution is 5.74. The van der Waals surface area contributed by atoms with Gasteiger partial charge in [0.2, 0.25) is 0 Å². The van der Waals surface area contributed by atoms with E-state index in [-0.39, 0.29) is 0 Å². The van der Waals surface area contributed by atoms with Gasteiger partial charge in [-0.3, -0.25) is 4.79 Å². The highest BCUT2D eigenvalue weighted by Crippen LogP contribution is 2.51. The molecule has 0 saturated heterocycles. The molecule has 2 aliphatic carbocycles. The summed E-state index contributed by atoms with van der Waals surface area (Å²) in [6, 6.07) is 0. The third-order valence-corrected chi connectivity index (χ3v) is 4.67. The van der Waals surface area contributed by atoms with Gasteiger partial charge in [0.05, 0.1) is 0 Å². The van der Waals surface area contributed by atoms with Gasteiger partial charge in [-0.05, 0) is 55.4 Å². The maximum absolute atomic E-state index is 11.0. The summed E-state index contributed by atoms with van der Waals surface area (Å²) < 4.78 is 0. The number of aldehydes is 1. The number of hydrogen-bond donors (Lipinski definition) is 0. The van der Waals surface area contributed by atoms with Gasteiger partial charge in [0.15, 0.2) is 0 Å². The molecule has 0 aromatic heterocycles. The SMILES string of the molecule is CC1=C(C=O)CC2C(CCCC2(C)C)C1. The molecule has 1 fully saturated rings. The van der Waals surface area contributed by atoms with E-state index in [9.17, 15) is 4.79 Å². The van der Waals surface area contributed by atoms with Crippen molar-refractivity contribution in [2.45, 2.75) is 52.9 Å². The Morgan fingerprint density at radius 2 is 2.07 bits per heavy atom. The molecule has 0 aromatic rings. The minimum atomic E-state index is 0.442. The first-order chi connectivity index (χ1) is 7.04. The van der Waals surface area contributed by atoms with Crippen LogP contribution in [0.5, 0.6) is 0 Å². The lowest BCUT2D eigenvalue weighted by atomic mass is 9.58. The van der Waals surface area contributed by atoms with Crippen LogP contribution in [0, 0.1) is 17.3 Å². The van der Waals surface area contributed by atoms with Crippen LogP contribution in [0.3, 0.4) is 0 Å². The predicted molar refractivity (Wildman–Crippen MR) is 62.6 cm³/mol. The zero-order valence-electron chi connectivity index (χ0n) is 10.2. The van der Waals surface area contributed by atoms with Gasteiger partial charge in [0.25, 0.3) is 0 Å². The minimum Gasteiger partial charge on any atom is -0.298 e. The lowest BCUT2D eigenvalue weighted by molar-refractivity contribution is -0.105. The molecule has 1 saturated carbocycles. The Bertz CT molecular complexity index is 298. The molecule has 0 bridgehead atoms. The predicted octanol–water partition coefficient (Wildman–Crippen LogP) is 3.74. The van der Waals surface area contributed by atoms with Gasteiger partial charge in [-0.2, -0.15) is 0 Å². The van der Waals surface area contributed by atoms with Crippen LogP contribution in [-0.2, 0) is 4.79 Å². The van der Waals surface area contributed by atoms with E-state index in [2.05, 4.69) is 20.8 Å². The first-order valence-electron chi connectivity index (χ1n) is 6.18. The number of carbonyl (C=O) groups excluding carboxylic acids is 1. The van der Waals surface area contributed by atoms with E-state index in [4.69, 9.17) is 0 Å². The summed E-state index contributed by atoms with van der Waals surface area (Å²) in [5.74, 6) is 1.59. The van der Waals surface area contributed by atoms with Crippen LogP contribution in [0.25, 0.3) is 0 Å². The second-order valence-electron chi connectivity index (χ2n) is 6.08. The van der Waals surface area contributed by atoms with Crippen molar-refractivity contribution < 1.29 is 4.79 Å². The summed E-state index contributed by atoms with van der Waals surface area (Å²) in [4.78, 5) is 11.0. The normalized spacial score (nSPS) is 34.9. The van der Waals surface area contributed by atoms with E-state index in [1.54, 1.807) is 0 Å². The van der Waals surface area contributed by atoms with E-state index in [0.717, 1.165) is 30.1 Å². The Labute approximate surface area is 92.9 Å². The summed E-state index contributed by atoms with van der Waals surface area (Å²) in [6.45, 7) is 6.90. The zero-order valence-corrected chi connectivity index (χ0v) is 10.2. The fourth-order valence-electron chi connectivity index (χ4n) is 3.62. The molecule has 0 aliphatic heterocycles. The smallest absolute Gasteiger partial charge is 0.145 e. The van der Waals surface area contributed by atoms with Gasteiger partial charge >= 0.3 is 0 Å². The van der Waals surface area contributed by atoms with Crippen LogP contribution < -0.4 is 0 Å². The van der Waals surface area contributed by atoms with Crippen LogP contribution in [0.2, 0.25) is 0 Å². The molecule has 2 rings (SSSR count). The van der Waals surface area contributed by atoms with Crippen molar-refractivity contribution in [3.8, 4) is 0 Å². The number of allylic oxidation sites excluding steroid dienone is 2. The van der Waals surface area contributed by atoms with Gasteiger partial charge in [-0.1, -0.05) is 25.8 Å². The van der Waals surface area contributed by atoms with Crippen molar-refractivity contribution >= 4 is 6.29 Å². The molecule has 1 heteroatoms. The lowest BCUT2D eigenvalue weighted by Crippen LogP contribution is -2.37. The average molecular weight is 206 g/mol. The van der Waals surface area contributed by atoms with Crippen molar-refractivity contribution in [3.05, 3.63) is 11.1 Å². The molecule has 2 atom stereocenters. The molecule has 0 radical (unpaired) electrons. The van der Waals surface area contributed by atoms with Crippen molar-refractivity contribution in [2.75, 3.05) is 0 Å². The first kappa shape index (κ1) is 10.9. The summed E-state index contributed by atoms with van der Waals surface area (Å²) in [6.07, 6.45) is 7.38. The van der Waals surface area contributed by atoms with Crippen LogP contribution in [0.15, 0.2) is 11.1 Å². The average Bonchev–Trinajstić information content (AvgIpc) is 2.16. The highest BCUT2D eigenvalue weighted by Gasteiger charge is 2.41. The monoisotopic (exact) mass is 206 g/mol. The van der Waals surface area contributed by atoms with E-state index in [1.807, 2.05) is 0 Å². The van der Waals surface area contributed by atoms with Gasteiger partial charge in [0.1, 0.15) is 6.29 Å². The fraction of sp³-hybridized carbons (Fsp3) is 0.786. The molecule has 84 valence electrons. The number of rotatable bonds is 1. The zero-order chi connectivity index (χ0) is 11.1. The number of hydrogen-bond acceptors (Lipinski definition) is 1. The van der Waals surface area contributed by atoms with Gasteiger partial charge in [-0.15, -0.1) is 0 Å². The Balaban J connectivity index is 2.26. The second kappa shape index (κ2) is 3.77. The largest absolute Gasteiger partial charge is 0.298 e.